The van der Waals surface area contributed by atoms with Crippen molar-refractivity contribution in [3.8, 4) is 16.9 Å². The summed E-state index contributed by atoms with van der Waals surface area (Å²) in [7, 11) is 0. The number of ether oxygens (including phenoxy) is 1. The molecular formula is C20H24BrFO. The molecule has 0 aromatic heterocycles. The average Bonchev–Trinajstić information content (AvgIpc) is 2.55. The summed E-state index contributed by atoms with van der Waals surface area (Å²) < 4.78 is 20.8. The highest BCUT2D eigenvalue weighted by atomic mass is 79.9. The third-order valence-corrected chi connectivity index (χ3v) is 4.36. The standard InChI is InChI=1S/C20H24BrFO/c1-2-3-4-5-6-9-14-23-20-11-8-7-10-18(20)17-13-12-16(21)15-19(17)22/h7-8,10-13,15H,2-6,9,14H2,1H3. The zero-order valence-electron chi connectivity index (χ0n) is 13.7. The molecule has 0 aliphatic rings. The van der Waals surface area contributed by atoms with Gasteiger partial charge in [-0.1, -0.05) is 79.2 Å². The first-order chi connectivity index (χ1) is 11.2. The van der Waals surface area contributed by atoms with Crippen LogP contribution < -0.4 is 4.74 Å². The van der Waals surface area contributed by atoms with E-state index in [2.05, 4.69) is 22.9 Å². The van der Waals surface area contributed by atoms with Gasteiger partial charge in [-0.15, -0.1) is 0 Å². The van der Waals surface area contributed by atoms with E-state index in [1.165, 1.54) is 38.2 Å². The molecule has 0 atom stereocenters. The third kappa shape index (κ3) is 5.65. The van der Waals surface area contributed by atoms with Gasteiger partial charge in [-0.3, -0.25) is 0 Å². The summed E-state index contributed by atoms with van der Waals surface area (Å²) >= 11 is 3.29. The number of rotatable bonds is 9. The normalized spacial score (nSPS) is 10.7. The Kier molecular flexibility index (Phi) is 7.60. The second-order valence-corrected chi connectivity index (χ2v) is 6.65. The van der Waals surface area contributed by atoms with E-state index < -0.39 is 0 Å². The summed E-state index contributed by atoms with van der Waals surface area (Å²) in [6.07, 6.45) is 7.38. The Morgan fingerprint density at radius 2 is 1.65 bits per heavy atom. The summed E-state index contributed by atoms with van der Waals surface area (Å²) in [5.74, 6) is 0.511. The molecule has 0 amide bonds. The summed E-state index contributed by atoms with van der Waals surface area (Å²) in [4.78, 5) is 0. The lowest BCUT2D eigenvalue weighted by molar-refractivity contribution is 0.305. The maximum Gasteiger partial charge on any atom is 0.132 e. The summed E-state index contributed by atoms with van der Waals surface area (Å²) in [6, 6.07) is 12.8. The van der Waals surface area contributed by atoms with Crippen LogP contribution in [0.2, 0.25) is 0 Å². The molecule has 0 aliphatic carbocycles. The fourth-order valence-electron chi connectivity index (χ4n) is 2.59. The van der Waals surface area contributed by atoms with Crippen molar-refractivity contribution in [3.63, 3.8) is 0 Å². The quantitative estimate of drug-likeness (QED) is 0.427. The van der Waals surface area contributed by atoms with Crippen LogP contribution >= 0.6 is 15.9 Å². The van der Waals surface area contributed by atoms with Crippen molar-refractivity contribution >= 4 is 15.9 Å². The van der Waals surface area contributed by atoms with Crippen LogP contribution in [-0.2, 0) is 0 Å². The Labute approximate surface area is 147 Å². The van der Waals surface area contributed by atoms with E-state index in [-0.39, 0.29) is 5.82 Å². The van der Waals surface area contributed by atoms with Crippen LogP contribution in [0, 0.1) is 5.82 Å². The first kappa shape index (κ1) is 18.0. The van der Waals surface area contributed by atoms with Crippen molar-refractivity contribution in [1.29, 1.82) is 0 Å². The van der Waals surface area contributed by atoms with Crippen molar-refractivity contribution in [2.45, 2.75) is 45.4 Å². The van der Waals surface area contributed by atoms with Crippen molar-refractivity contribution in [3.05, 3.63) is 52.8 Å². The minimum absolute atomic E-state index is 0.241. The van der Waals surface area contributed by atoms with Gasteiger partial charge in [-0.05, 0) is 24.6 Å². The predicted molar refractivity (Wildman–Crippen MR) is 98.4 cm³/mol. The number of para-hydroxylation sites is 1. The number of halogens is 2. The van der Waals surface area contributed by atoms with Gasteiger partial charge in [0.05, 0.1) is 6.61 Å². The van der Waals surface area contributed by atoms with Gasteiger partial charge in [-0.25, -0.2) is 4.39 Å². The van der Waals surface area contributed by atoms with Gasteiger partial charge in [0, 0.05) is 15.6 Å². The first-order valence-corrected chi connectivity index (χ1v) is 9.19. The Hall–Kier alpha value is -1.35. The summed E-state index contributed by atoms with van der Waals surface area (Å²) in [5.41, 5.74) is 1.38. The molecule has 0 saturated heterocycles. The maximum absolute atomic E-state index is 14.2. The molecule has 124 valence electrons. The SMILES string of the molecule is CCCCCCCCOc1ccccc1-c1ccc(Br)cc1F. The zero-order valence-corrected chi connectivity index (χ0v) is 15.2. The molecule has 0 saturated carbocycles. The zero-order chi connectivity index (χ0) is 16.5. The molecule has 0 fully saturated rings. The van der Waals surface area contributed by atoms with E-state index >= 15 is 0 Å². The van der Waals surface area contributed by atoms with Crippen LogP contribution in [0.4, 0.5) is 4.39 Å². The molecular weight excluding hydrogens is 355 g/mol. The van der Waals surface area contributed by atoms with Gasteiger partial charge < -0.3 is 4.74 Å². The van der Waals surface area contributed by atoms with Crippen molar-refractivity contribution in [2.75, 3.05) is 6.61 Å². The molecule has 1 nitrogen and oxygen atoms in total. The lowest BCUT2D eigenvalue weighted by Crippen LogP contribution is -1.99. The second-order valence-electron chi connectivity index (χ2n) is 5.74. The van der Waals surface area contributed by atoms with E-state index in [1.807, 2.05) is 30.3 Å². The molecule has 3 heteroatoms. The van der Waals surface area contributed by atoms with E-state index in [1.54, 1.807) is 6.07 Å². The molecule has 0 aliphatic heterocycles. The fraction of sp³-hybridized carbons (Fsp3) is 0.400. The highest BCUT2D eigenvalue weighted by molar-refractivity contribution is 9.10. The van der Waals surface area contributed by atoms with Crippen molar-refractivity contribution < 1.29 is 9.13 Å². The van der Waals surface area contributed by atoms with Gasteiger partial charge in [-0.2, -0.15) is 0 Å². The lowest BCUT2D eigenvalue weighted by Gasteiger charge is -2.12. The van der Waals surface area contributed by atoms with Crippen LogP contribution in [0.15, 0.2) is 46.9 Å². The van der Waals surface area contributed by atoms with Crippen LogP contribution in [0.3, 0.4) is 0 Å². The second kappa shape index (κ2) is 9.71. The number of benzene rings is 2. The monoisotopic (exact) mass is 378 g/mol. The molecule has 0 heterocycles. The van der Waals surface area contributed by atoms with Gasteiger partial charge in [0.15, 0.2) is 0 Å². The minimum atomic E-state index is -0.241. The highest BCUT2D eigenvalue weighted by Crippen LogP contribution is 2.33. The fourth-order valence-corrected chi connectivity index (χ4v) is 2.92. The lowest BCUT2D eigenvalue weighted by atomic mass is 10.0. The predicted octanol–water partition coefficient (Wildman–Crippen LogP) is 6.99. The van der Waals surface area contributed by atoms with E-state index in [9.17, 15) is 4.39 Å². The highest BCUT2D eigenvalue weighted by Gasteiger charge is 2.10. The molecule has 0 bridgehead atoms. The van der Waals surface area contributed by atoms with Crippen LogP contribution in [0.1, 0.15) is 45.4 Å². The molecule has 2 aromatic carbocycles. The maximum atomic E-state index is 14.2. The van der Waals surface area contributed by atoms with Gasteiger partial charge in [0.2, 0.25) is 0 Å². The molecule has 2 aromatic rings. The largest absolute Gasteiger partial charge is 0.493 e. The molecule has 0 unspecified atom stereocenters. The average molecular weight is 379 g/mol. The van der Waals surface area contributed by atoms with Crippen molar-refractivity contribution in [2.24, 2.45) is 0 Å². The van der Waals surface area contributed by atoms with Gasteiger partial charge in [0.1, 0.15) is 11.6 Å². The number of hydrogen-bond acceptors (Lipinski definition) is 1. The van der Waals surface area contributed by atoms with E-state index in [0.29, 0.717) is 12.2 Å². The molecule has 2 rings (SSSR count). The molecule has 0 radical (unpaired) electrons. The number of unbranched alkanes of at least 4 members (excludes halogenated alkanes) is 5. The molecule has 0 spiro atoms. The van der Waals surface area contributed by atoms with Gasteiger partial charge in [0.25, 0.3) is 0 Å². The summed E-state index contributed by atoms with van der Waals surface area (Å²) in [6.45, 7) is 2.91. The van der Waals surface area contributed by atoms with Crippen LogP contribution in [0.5, 0.6) is 5.75 Å². The van der Waals surface area contributed by atoms with E-state index in [0.717, 1.165) is 22.2 Å². The number of hydrogen-bond donors (Lipinski definition) is 0. The van der Waals surface area contributed by atoms with Crippen LogP contribution in [-0.4, -0.2) is 6.61 Å². The van der Waals surface area contributed by atoms with E-state index in [4.69, 9.17) is 4.74 Å². The Morgan fingerprint density at radius 3 is 2.43 bits per heavy atom. The third-order valence-electron chi connectivity index (χ3n) is 3.86. The Bertz CT molecular complexity index is 612. The Morgan fingerprint density at radius 1 is 0.913 bits per heavy atom. The molecule has 23 heavy (non-hydrogen) atoms. The first-order valence-electron chi connectivity index (χ1n) is 8.39. The Balaban J connectivity index is 1.95. The smallest absolute Gasteiger partial charge is 0.132 e. The molecule has 0 N–H and O–H groups in total. The van der Waals surface area contributed by atoms with Crippen molar-refractivity contribution in [1.82, 2.24) is 0 Å². The summed E-state index contributed by atoms with van der Waals surface area (Å²) in [5, 5.41) is 0. The van der Waals surface area contributed by atoms with Gasteiger partial charge >= 0.3 is 0 Å². The minimum Gasteiger partial charge on any atom is -0.493 e. The van der Waals surface area contributed by atoms with Crippen LogP contribution in [0.25, 0.3) is 11.1 Å². The topological polar surface area (TPSA) is 9.23 Å².